The summed E-state index contributed by atoms with van der Waals surface area (Å²) in [6.07, 6.45) is 3.26. The fourth-order valence-corrected chi connectivity index (χ4v) is 0.506. The van der Waals surface area contributed by atoms with Gasteiger partial charge in [0.05, 0.1) is 12.2 Å². The molecule has 1 aliphatic rings. The third-order valence-electron chi connectivity index (χ3n) is 1.23. The summed E-state index contributed by atoms with van der Waals surface area (Å²) in [5.41, 5.74) is 0. The van der Waals surface area contributed by atoms with Crippen molar-refractivity contribution in [1.82, 2.24) is 0 Å². The van der Waals surface area contributed by atoms with Crippen molar-refractivity contribution in [3.8, 4) is 0 Å². The van der Waals surface area contributed by atoms with E-state index < -0.39 is 0 Å². The van der Waals surface area contributed by atoms with E-state index in [1.165, 1.54) is 12.8 Å². The van der Waals surface area contributed by atoms with Crippen molar-refractivity contribution in [3.05, 3.63) is 0 Å². The average molecular weight is 130 g/mol. The van der Waals surface area contributed by atoms with Gasteiger partial charge in [-0.3, -0.25) is 0 Å². The molecule has 1 rings (SSSR count). The molecule has 2 heteroatoms. The zero-order chi connectivity index (χ0) is 6.69. The van der Waals surface area contributed by atoms with Crippen LogP contribution in [0, 0.1) is 0 Å². The van der Waals surface area contributed by atoms with Crippen LogP contribution in [-0.2, 0) is 9.47 Å². The van der Waals surface area contributed by atoms with Crippen molar-refractivity contribution in [2.24, 2.45) is 0 Å². The quantitative estimate of drug-likeness (QED) is 0.537. The van der Waals surface area contributed by atoms with Crippen molar-refractivity contribution in [1.29, 1.82) is 0 Å². The number of rotatable bonds is 4. The lowest BCUT2D eigenvalue weighted by Crippen LogP contribution is -2.07. The highest BCUT2D eigenvalue weighted by Gasteiger charge is 2.21. The van der Waals surface area contributed by atoms with E-state index in [4.69, 9.17) is 9.47 Å². The lowest BCUT2D eigenvalue weighted by molar-refractivity contribution is -0.0850. The molecule has 0 aromatic carbocycles. The van der Waals surface area contributed by atoms with Crippen LogP contribution < -0.4 is 0 Å². The molecule has 0 heterocycles. The zero-order valence-electron chi connectivity index (χ0n) is 6.09. The van der Waals surface area contributed by atoms with Gasteiger partial charge in [-0.2, -0.15) is 0 Å². The lowest BCUT2D eigenvalue weighted by Gasteiger charge is -2.06. The SMILES string of the molecule is CC(C)OCOC1CC1. The maximum Gasteiger partial charge on any atom is 0.147 e. The van der Waals surface area contributed by atoms with Crippen molar-refractivity contribution < 1.29 is 9.47 Å². The van der Waals surface area contributed by atoms with Crippen molar-refractivity contribution in [3.63, 3.8) is 0 Å². The van der Waals surface area contributed by atoms with Crippen LogP contribution in [0.25, 0.3) is 0 Å². The molecule has 0 saturated heterocycles. The topological polar surface area (TPSA) is 18.5 Å². The van der Waals surface area contributed by atoms with Gasteiger partial charge in [0.2, 0.25) is 0 Å². The summed E-state index contributed by atoms with van der Waals surface area (Å²) in [6, 6.07) is 0. The summed E-state index contributed by atoms with van der Waals surface area (Å²) in [6.45, 7) is 4.49. The smallest absolute Gasteiger partial charge is 0.147 e. The molecule has 0 N–H and O–H groups in total. The third-order valence-corrected chi connectivity index (χ3v) is 1.23. The minimum Gasteiger partial charge on any atom is -0.353 e. The van der Waals surface area contributed by atoms with E-state index in [0.29, 0.717) is 19.0 Å². The molecule has 0 spiro atoms. The van der Waals surface area contributed by atoms with E-state index in [2.05, 4.69) is 0 Å². The molecule has 1 fully saturated rings. The van der Waals surface area contributed by atoms with E-state index in [-0.39, 0.29) is 0 Å². The van der Waals surface area contributed by atoms with Gasteiger partial charge >= 0.3 is 0 Å². The molecule has 9 heavy (non-hydrogen) atoms. The first-order valence-electron chi connectivity index (χ1n) is 3.52. The Labute approximate surface area is 56.2 Å². The molecule has 0 aromatic rings. The highest BCUT2D eigenvalue weighted by atomic mass is 16.7. The first kappa shape index (κ1) is 7.03. The van der Waals surface area contributed by atoms with E-state index in [1.54, 1.807) is 0 Å². The van der Waals surface area contributed by atoms with Crippen LogP contribution in [0.15, 0.2) is 0 Å². The zero-order valence-corrected chi connectivity index (χ0v) is 6.09. The summed E-state index contributed by atoms with van der Waals surface area (Å²) in [5.74, 6) is 0. The Kier molecular flexibility index (Phi) is 2.49. The lowest BCUT2D eigenvalue weighted by atomic mass is 10.5. The Bertz CT molecular complexity index is 75.0. The molecule has 0 aromatic heterocycles. The summed E-state index contributed by atoms with van der Waals surface area (Å²) in [7, 11) is 0. The Morgan fingerprint density at radius 3 is 2.56 bits per heavy atom. The van der Waals surface area contributed by atoms with Gasteiger partial charge in [0.15, 0.2) is 0 Å². The molecule has 54 valence electrons. The molecular weight excluding hydrogens is 116 g/mol. The summed E-state index contributed by atoms with van der Waals surface area (Å²) < 4.78 is 10.4. The standard InChI is InChI=1S/C7H14O2/c1-6(2)8-5-9-7-3-4-7/h6-7H,3-5H2,1-2H3. The van der Waals surface area contributed by atoms with Crippen LogP contribution >= 0.6 is 0 Å². The van der Waals surface area contributed by atoms with Crippen molar-refractivity contribution >= 4 is 0 Å². The molecule has 0 atom stereocenters. The molecular formula is C7H14O2. The highest BCUT2D eigenvalue weighted by Crippen LogP contribution is 2.23. The van der Waals surface area contributed by atoms with Crippen LogP contribution in [-0.4, -0.2) is 19.0 Å². The van der Waals surface area contributed by atoms with Gasteiger partial charge in [-0.15, -0.1) is 0 Å². The first-order valence-corrected chi connectivity index (χ1v) is 3.52. The molecule has 0 radical (unpaired) electrons. The predicted octanol–water partition coefficient (Wildman–Crippen LogP) is 1.55. The Morgan fingerprint density at radius 1 is 1.44 bits per heavy atom. The average Bonchev–Trinajstić information content (AvgIpc) is 2.48. The molecule has 0 unspecified atom stereocenters. The van der Waals surface area contributed by atoms with Gasteiger partial charge in [0.1, 0.15) is 6.79 Å². The van der Waals surface area contributed by atoms with Gasteiger partial charge in [-0.25, -0.2) is 0 Å². The van der Waals surface area contributed by atoms with E-state index in [9.17, 15) is 0 Å². The molecule has 2 nitrogen and oxygen atoms in total. The minimum absolute atomic E-state index is 0.295. The second kappa shape index (κ2) is 3.18. The number of ether oxygens (including phenoxy) is 2. The summed E-state index contributed by atoms with van der Waals surface area (Å²) >= 11 is 0. The van der Waals surface area contributed by atoms with Crippen LogP contribution in [0.2, 0.25) is 0 Å². The monoisotopic (exact) mass is 130 g/mol. The number of hydrogen-bond acceptors (Lipinski definition) is 2. The summed E-state index contributed by atoms with van der Waals surface area (Å²) in [4.78, 5) is 0. The highest BCUT2D eigenvalue weighted by molar-refractivity contribution is 4.72. The van der Waals surface area contributed by atoms with Gasteiger partial charge in [0, 0.05) is 0 Å². The van der Waals surface area contributed by atoms with E-state index >= 15 is 0 Å². The Morgan fingerprint density at radius 2 is 2.11 bits per heavy atom. The molecule has 0 amide bonds. The first-order chi connectivity index (χ1) is 4.29. The second-order valence-electron chi connectivity index (χ2n) is 2.70. The van der Waals surface area contributed by atoms with Gasteiger partial charge in [0.25, 0.3) is 0 Å². The maximum absolute atomic E-state index is 5.24. The third kappa shape index (κ3) is 3.49. The number of hydrogen-bond donors (Lipinski definition) is 0. The minimum atomic E-state index is 0.295. The van der Waals surface area contributed by atoms with Crippen LogP contribution in [0.4, 0.5) is 0 Å². The molecule has 0 aliphatic heterocycles. The van der Waals surface area contributed by atoms with Gasteiger partial charge < -0.3 is 9.47 Å². The summed E-state index contributed by atoms with van der Waals surface area (Å²) in [5, 5.41) is 0. The second-order valence-corrected chi connectivity index (χ2v) is 2.70. The van der Waals surface area contributed by atoms with Gasteiger partial charge in [-0.1, -0.05) is 0 Å². The fourth-order valence-electron chi connectivity index (χ4n) is 0.506. The van der Waals surface area contributed by atoms with Crippen LogP contribution in [0.3, 0.4) is 0 Å². The molecule has 0 bridgehead atoms. The maximum atomic E-state index is 5.24. The van der Waals surface area contributed by atoms with Crippen LogP contribution in [0.1, 0.15) is 26.7 Å². The van der Waals surface area contributed by atoms with Gasteiger partial charge in [-0.05, 0) is 26.7 Å². The largest absolute Gasteiger partial charge is 0.353 e. The molecule has 1 aliphatic carbocycles. The fraction of sp³-hybridized carbons (Fsp3) is 1.00. The van der Waals surface area contributed by atoms with Crippen LogP contribution in [0.5, 0.6) is 0 Å². The van der Waals surface area contributed by atoms with Crippen molar-refractivity contribution in [2.45, 2.75) is 38.9 Å². The predicted molar refractivity (Wildman–Crippen MR) is 35.2 cm³/mol. The Balaban J connectivity index is 1.81. The molecule has 1 saturated carbocycles. The van der Waals surface area contributed by atoms with Crippen molar-refractivity contribution in [2.75, 3.05) is 6.79 Å². The van der Waals surface area contributed by atoms with E-state index in [0.717, 1.165) is 0 Å². The van der Waals surface area contributed by atoms with E-state index in [1.807, 2.05) is 13.8 Å². The Hall–Kier alpha value is -0.0800. The normalized spacial score (nSPS) is 19.0.